The van der Waals surface area contributed by atoms with Crippen LogP contribution in [0.1, 0.15) is 26.3 Å². The topological polar surface area (TPSA) is 79.4 Å². The van der Waals surface area contributed by atoms with Gasteiger partial charge in [-0.25, -0.2) is 9.59 Å². The van der Waals surface area contributed by atoms with E-state index in [1.165, 1.54) is 0 Å². The van der Waals surface area contributed by atoms with Gasteiger partial charge in [-0.1, -0.05) is 42.5 Å². The van der Waals surface area contributed by atoms with Crippen LogP contribution in [-0.2, 0) is 20.9 Å². The molecular formula is C29H33N3O5. The van der Waals surface area contributed by atoms with E-state index < -0.39 is 11.9 Å². The Hall–Kier alpha value is -3.75. The first kappa shape index (κ1) is 26.3. The molecular weight excluding hydrogens is 470 g/mol. The molecule has 194 valence electrons. The molecule has 1 aliphatic rings. The third-order valence-electron chi connectivity index (χ3n) is 6.56. The Morgan fingerprint density at radius 2 is 1.35 bits per heavy atom. The Labute approximate surface area is 217 Å². The van der Waals surface area contributed by atoms with E-state index >= 15 is 0 Å². The number of rotatable bonds is 9. The van der Waals surface area contributed by atoms with Crippen molar-refractivity contribution in [3.63, 3.8) is 0 Å². The molecule has 1 aliphatic heterocycles. The van der Waals surface area contributed by atoms with Gasteiger partial charge in [-0.3, -0.25) is 14.6 Å². The molecule has 0 saturated carbocycles. The smallest absolute Gasteiger partial charge is 0.338 e. The lowest BCUT2D eigenvalue weighted by molar-refractivity contribution is -0.130. The van der Waals surface area contributed by atoms with Gasteiger partial charge in [-0.2, -0.15) is 0 Å². The lowest BCUT2D eigenvalue weighted by Gasteiger charge is -2.34. The molecule has 0 radical (unpaired) electrons. The number of fused-ring (bicyclic) bond motifs is 1. The molecule has 3 aromatic carbocycles. The maximum atomic E-state index is 12.5. The Bertz CT molecular complexity index is 1230. The van der Waals surface area contributed by atoms with Gasteiger partial charge >= 0.3 is 11.9 Å². The minimum atomic E-state index is -0.445. The first-order valence-electron chi connectivity index (χ1n) is 12.5. The van der Waals surface area contributed by atoms with Crippen LogP contribution in [-0.4, -0.2) is 92.5 Å². The lowest BCUT2D eigenvalue weighted by Crippen LogP contribution is -2.49. The number of esters is 2. The van der Waals surface area contributed by atoms with Crippen LogP contribution in [0.2, 0.25) is 0 Å². The number of nitrogens with zero attached hydrogens (tertiary/aromatic N) is 3. The Morgan fingerprint density at radius 1 is 0.757 bits per heavy atom. The zero-order chi connectivity index (χ0) is 26.2. The van der Waals surface area contributed by atoms with E-state index in [9.17, 15) is 14.4 Å². The molecule has 8 nitrogen and oxygen atoms in total. The highest BCUT2D eigenvalue weighted by Crippen LogP contribution is 2.20. The van der Waals surface area contributed by atoms with Crippen LogP contribution in [0.15, 0.2) is 66.7 Å². The number of hydrogen-bond donors (Lipinski definition) is 0. The molecule has 1 saturated heterocycles. The van der Waals surface area contributed by atoms with Crippen LogP contribution < -0.4 is 0 Å². The van der Waals surface area contributed by atoms with Gasteiger partial charge in [0.05, 0.1) is 17.7 Å². The van der Waals surface area contributed by atoms with Crippen molar-refractivity contribution in [2.45, 2.75) is 6.61 Å². The molecule has 1 heterocycles. The quantitative estimate of drug-likeness (QED) is 0.415. The number of amides is 1. The van der Waals surface area contributed by atoms with E-state index in [-0.39, 0.29) is 19.1 Å². The van der Waals surface area contributed by atoms with E-state index in [0.29, 0.717) is 24.2 Å². The third-order valence-corrected chi connectivity index (χ3v) is 6.56. The fourth-order valence-electron chi connectivity index (χ4n) is 4.24. The molecule has 1 amide bonds. The highest BCUT2D eigenvalue weighted by atomic mass is 16.5. The van der Waals surface area contributed by atoms with Gasteiger partial charge in [-0.05, 0) is 40.6 Å². The lowest BCUT2D eigenvalue weighted by atomic mass is 10.1. The molecule has 4 rings (SSSR count). The second-order valence-corrected chi connectivity index (χ2v) is 9.33. The number of benzene rings is 3. The van der Waals surface area contributed by atoms with E-state index in [1.807, 2.05) is 42.5 Å². The van der Waals surface area contributed by atoms with Crippen LogP contribution in [0.4, 0.5) is 0 Å². The predicted molar refractivity (Wildman–Crippen MR) is 141 cm³/mol. The molecule has 0 atom stereocenters. The number of hydrogen-bond acceptors (Lipinski definition) is 7. The van der Waals surface area contributed by atoms with Crippen molar-refractivity contribution in [1.82, 2.24) is 14.7 Å². The molecule has 3 aromatic rings. The summed E-state index contributed by atoms with van der Waals surface area (Å²) in [6.45, 7) is 4.80. The second-order valence-electron chi connectivity index (χ2n) is 9.33. The van der Waals surface area contributed by atoms with Crippen molar-refractivity contribution in [2.75, 3.05) is 60.0 Å². The number of carbonyl (C=O) groups is 3. The van der Waals surface area contributed by atoms with Gasteiger partial charge in [0.2, 0.25) is 5.91 Å². The summed E-state index contributed by atoms with van der Waals surface area (Å²) >= 11 is 0. The van der Waals surface area contributed by atoms with Crippen LogP contribution >= 0.6 is 0 Å². The third kappa shape index (κ3) is 7.15. The van der Waals surface area contributed by atoms with E-state index in [0.717, 1.165) is 42.5 Å². The monoisotopic (exact) mass is 503 g/mol. The first-order chi connectivity index (χ1) is 17.9. The van der Waals surface area contributed by atoms with Crippen LogP contribution in [0.3, 0.4) is 0 Å². The van der Waals surface area contributed by atoms with Crippen molar-refractivity contribution in [1.29, 1.82) is 0 Å². The van der Waals surface area contributed by atoms with Gasteiger partial charge in [0.1, 0.15) is 13.2 Å². The largest absolute Gasteiger partial charge is 0.461 e. The summed E-state index contributed by atoms with van der Waals surface area (Å²) in [7, 11) is 3.53. The zero-order valence-corrected chi connectivity index (χ0v) is 21.4. The van der Waals surface area contributed by atoms with Crippen molar-refractivity contribution >= 4 is 28.6 Å². The van der Waals surface area contributed by atoms with E-state index in [1.54, 1.807) is 43.3 Å². The summed E-state index contributed by atoms with van der Waals surface area (Å²) in [4.78, 5) is 42.8. The van der Waals surface area contributed by atoms with Crippen molar-refractivity contribution < 1.29 is 23.9 Å². The van der Waals surface area contributed by atoms with Gasteiger partial charge < -0.3 is 14.4 Å². The van der Waals surface area contributed by atoms with Gasteiger partial charge in [-0.15, -0.1) is 0 Å². The molecule has 0 spiro atoms. The summed E-state index contributed by atoms with van der Waals surface area (Å²) < 4.78 is 10.9. The summed E-state index contributed by atoms with van der Waals surface area (Å²) in [5, 5.41) is 2.15. The Morgan fingerprint density at radius 3 is 2.03 bits per heavy atom. The van der Waals surface area contributed by atoms with Gasteiger partial charge in [0.15, 0.2) is 0 Å². The predicted octanol–water partition coefficient (Wildman–Crippen LogP) is 3.06. The Kier molecular flexibility index (Phi) is 8.87. The molecule has 0 aromatic heterocycles. The second kappa shape index (κ2) is 12.5. The first-order valence-corrected chi connectivity index (χ1v) is 12.5. The van der Waals surface area contributed by atoms with Gasteiger partial charge in [0.25, 0.3) is 0 Å². The maximum absolute atomic E-state index is 12.5. The zero-order valence-electron chi connectivity index (χ0n) is 21.4. The molecule has 37 heavy (non-hydrogen) atoms. The normalized spacial score (nSPS) is 14.3. The highest BCUT2D eigenvalue weighted by Gasteiger charge is 2.20. The number of carbonyl (C=O) groups excluding carboxylic acids is 3. The molecule has 0 bridgehead atoms. The fraction of sp³-hybridized carbons (Fsp3) is 0.345. The summed E-state index contributed by atoms with van der Waals surface area (Å²) in [6.07, 6.45) is 0. The summed E-state index contributed by atoms with van der Waals surface area (Å²) in [6, 6.07) is 20.2. The molecule has 0 N–H and O–H groups in total. The van der Waals surface area contributed by atoms with Crippen LogP contribution in [0.25, 0.3) is 10.8 Å². The molecule has 0 unspecified atom stereocenters. The van der Waals surface area contributed by atoms with Crippen molar-refractivity contribution in [3.05, 3.63) is 83.4 Å². The minimum absolute atomic E-state index is 0.103. The van der Waals surface area contributed by atoms with E-state index in [2.05, 4.69) is 9.80 Å². The SMILES string of the molecule is CN(C)C(=O)CN1CCN(CCOC(=O)c2ccc(C(=O)OCc3cccc4ccccc34)cc2)CC1. The molecule has 0 aliphatic carbocycles. The van der Waals surface area contributed by atoms with Crippen LogP contribution in [0, 0.1) is 0 Å². The summed E-state index contributed by atoms with van der Waals surface area (Å²) in [5.41, 5.74) is 1.70. The maximum Gasteiger partial charge on any atom is 0.338 e. The Balaban J connectivity index is 1.19. The fourth-order valence-corrected chi connectivity index (χ4v) is 4.24. The van der Waals surface area contributed by atoms with Crippen molar-refractivity contribution in [3.8, 4) is 0 Å². The van der Waals surface area contributed by atoms with Crippen molar-refractivity contribution in [2.24, 2.45) is 0 Å². The van der Waals surface area contributed by atoms with Gasteiger partial charge in [0, 0.05) is 46.8 Å². The standard InChI is InChI=1S/C29H33N3O5/c1-30(2)27(33)20-32-16-14-31(15-17-32)18-19-36-28(34)23-10-12-24(13-11-23)29(35)37-21-25-8-5-7-22-6-3-4-9-26(22)25/h3-13H,14-21H2,1-2H3. The molecule has 1 fully saturated rings. The number of ether oxygens (including phenoxy) is 2. The average Bonchev–Trinajstić information content (AvgIpc) is 2.92. The van der Waals surface area contributed by atoms with E-state index in [4.69, 9.17) is 9.47 Å². The van der Waals surface area contributed by atoms with Crippen LogP contribution in [0.5, 0.6) is 0 Å². The average molecular weight is 504 g/mol. The number of likely N-dealkylation sites (N-methyl/N-ethyl adjacent to an activating group) is 1. The highest BCUT2D eigenvalue weighted by molar-refractivity contribution is 5.93. The number of piperazine rings is 1. The minimum Gasteiger partial charge on any atom is -0.461 e. The summed E-state index contributed by atoms with van der Waals surface area (Å²) in [5.74, 6) is -0.767. The molecule has 8 heteroatoms.